The summed E-state index contributed by atoms with van der Waals surface area (Å²) in [6.07, 6.45) is 0. The van der Waals surface area contributed by atoms with Gasteiger partial charge in [-0.3, -0.25) is 4.90 Å². The van der Waals surface area contributed by atoms with Crippen LogP contribution in [0.15, 0.2) is 30.3 Å². The summed E-state index contributed by atoms with van der Waals surface area (Å²) in [7, 11) is 0. The van der Waals surface area contributed by atoms with E-state index in [-0.39, 0.29) is 6.03 Å². The zero-order valence-electron chi connectivity index (χ0n) is 9.72. The van der Waals surface area contributed by atoms with Gasteiger partial charge < -0.3 is 10.2 Å². The maximum atomic E-state index is 11.7. The summed E-state index contributed by atoms with van der Waals surface area (Å²) in [5, 5.41) is 3.33. The van der Waals surface area contributed by atoms with Crippen molar-refractivity contribution in [2.75, 3.05) is 24.5 Å². The third kappa shape index (κ3) is 2.39. The van der Waals surface area contributed by atoms with Gasteiger partial charge in [0.2, 0.25) is 0 Å². The Morgan fingerprint density at radius 3 is 2.71 bits per heavy atom. The average molecular weight is 249 g/mol. The first-order chi connectivity index (χ1) is 8.24. The summed E-state index contributed by atoms with van der Waals surface area (Å²) in [5.41, 5.74) is 1.03. The average Bonchev–Trinajstić information content (AvgIpc) is 2.72. The van der Waals surface area contributed by atoms with E-state index in [4.69, 9.17) is 12.2 Å². The van der Waals surface area contributed by atoms with Crippen molar-refractivity contribution < 1.29 is 4.79 Å². The second-order valence-corrected chi connectivity index (χ2v) is 4.12. The number of carbonyl (C=O) groups excluding carboxylic acids is 1. The number of rotatable bonds is 2. The highest BCUT2D eigenvalue weighted by Gasteiger charge is 2.29. The van der Waals surface area contributed by atoms with Crippen LogP contribution in [0, 0.1) is 0 Å². The van der Waals surface area contributed by atoms with Gasteiger partial charge in [0.25, 0.3) is 0 Å². The van der Waals surface area contributed by atoms with E-state index in [2.05, 4.69) is 5.32 Å². The number of nitrogens with one attached hydrogen (secondary N) is 1. The number of urea groups is 1. The summed E-state index contributed by atoms with van der Waals surface area (Å²) in [4.78, 5) is 15.3. The molecule has 0 unspecified atom stereocenters. The number of amides is 2. The van der Waals surface area contributed by atoms with Gasteiger partial charge in [-0.2, -0.15) is 0 Å². The van der Waals surface area contributed by atoms with Crippen LogP contribution in [0.2, 0.25) is 0 Å². The lowest BCUT2D eigenvalue weighted by molar-refractivity contribution is 0.225. The van der Waals surface area contributed by atoms with Crippen LogP contribution < -0.4 is 10.2 Å². The lowest BCUT2D eigenvalue weighted by Crippen LogP contribution is -2.42. The van der Waals surface area contributed by atoms with Crippen LogP contribution in [0.3, 0.4) is 0 Å². The molecule has 0 atom stereocenters. The molecule has 0 radical (unpaired) electrons. The maximum absolute atomic E-state index is 11.7. The zero-order chi connectivity index (χ0) is 12.3. The monoisotopic (exact) mass is 249 g/mol. The van der Waals surface area contributed by atoms with Gasteiger partial charge in [-0.1, -0.05) is 18.2 Å². The lowest BCUT2D eigenvalue weighted by atomic mass is 10.3. The molecule has 90 valence electrons. The number of para-hydroxylation sites is 1. The Kier molecular flexibility index (Phi) is 3.58. The molecule has 0 bridgehead atoms. The molecule has 4 nitrogen and oxygen atoms in total. The summed E-state index contributed by atoms with van der Waals surface area (Å²) >= 11 is 5.33. The topological polar surface area (TPSA) is 35.6 Å². The van der Waals surface area contributed by atoms with Crippen molar-refractivity contribution in [3.8, 4) is 0 Å². The molecule has 0 aliphatic carbocycles. The largest absolute Gasteiger partial charge is 0.338 e. The molecule has 1 aromatic rings. The van der Waals surface area contributed by atoms with Crippen LogP contribution in [-0.4, -0.2) is 35.7 Å². The van der Waals surface area contributed by atoms with E-state index in [1.54, 1.807) is 4.90 Å². The molecule has 0 saturated carbocycles. The zero-order valence-corrected chi connectivity index (χ0v) is 10.5. The predicted molar refractivity (Wildman–Crippen MR) is 72.2 cm³/mol. The van der Waals surface area contributed by atoms with E-state index in [1.807, 2.05) is 42.2 Å². The number of hydrogen-bond acceptors (Lipinski definition) is 2. The Morgan fingerprint density at radius 2 is 2.06 bits per heavy atom. The van der Waals surface area contributed by atoms with Crippen molar-refractivity contribution in [1.82, 2.24) is 10.2 Å². The third-order valence-corrected chi connectivity index (χ3v) is 3.09. The Morgan fingerprint density at radius 1 is 1.35 bits per heavy atom. The molecule has 1 heterocycles. The fourth-order valence-corrected chi connectivity index (χ4v) is 2.19. The van der Waals surface area contributed by atoms with Crippen molar-refractivity contribution >= 4 is 29.0 Å². The first-order valence-electron chi connectivity index (χ1n) is 5.66. The number of benzene rings is 1. The maximum Gasteiger partial charge on any atom is 0.323 e. The molecule has 17 heavy (non-hydrogen) atoms. The first kappa shape index (κ1) is 11.9. The van der Waals surface area contributed by atoms with Gasteiger partial charge in [-0.25, -0.2) is 4.79 Å². The minimum atomic E-state index is -0.115. The molecule has 1 aliphatic heterocycles. The number of carbonyl (C=O) groups is 1. The molecule has 5 heteroatoms. The fraction of sp³-hybridized carbons (Fsp3) is 0.333. The van der Waals surface area contributed by atoms with Crippen molar-refractivity contribution in [3.05, 3.63) is 30.3 Å². The molecule has 1 aromatic carbocycles. The van der Waals surface area contributed by atoms with E-state index in [0.29, 0.717) is 18.2 Å². The summed E-state index contributed by atoms with van der Waals surface area (Å²) in [6.45, 7) is 3.90. The van der Waals surface area contributed by atoms with E-state index >= 15 is 0 Å². The molecule has 0 aromatic heterocycles. The van der Waals surface area contributed by atoms with Gasteiger partial charge in [0.1, 0.15) is 0 Å². The standard InChI is InChI=1S/C12H15N3OS/c1-2-13-11(16)15-9-8-14(12(15)17)10-6-4-3-5-7-10/h3-7H,2,8-9H2,1H3,(H,13,16). The second kappa shape index (κ2) is 5.14. The smallest absolute Gasteiger partial charge is 0.323 e. The van der Waals surface area contributed by atoms with Gasteiger partial charge in [0.15, 0.2) is 5.11 Å². The molecule has 1 N–H and O–H groups in total. The Labute approximate surface area is 106 Å². The Hall–Kier alpha value is -1.62. The highest BCUT2D eigenvalue weighted by molar-refractivity contribution is 7.80. The summed E-state index contributed by atoms with van der Waals surface area (Å²) in [5.74, 6) is 0. The number of hydrogen-bond donors (Lipinski definition) is 1. The molecular weight excluding hydrogens is 234 g/mol. The highest BCUT2D eigenvalue weighted by atomic mass is 32.1. The SMILES string of the molecule is CCNC(=O)N1CCN(c2ccccc2)C1=S. The molecule has 2 rings (SSSR count). The van der Waals surface area contributed by atoms with Gasteiger partial charge >= 0.3 is 6.03 Å². The molecule has 1 aliphatic rings. The normalized spacial score (nSPS) is 15.2. The van der Waals surface area contributed by atoms with Crippen LogP contribution in [0.1, 0.15) is 6.92 Å². The molecular formula is C12H15N3OS. The van der Waals surface area contributed by atoms with Gasteiger partial charge in [-0.05, 0) is 31.3 Å². The van der Waals surface area contributed by atoms with Crippen LogP contribution in [0.4, 0.5) is 10.5 Å². The van der Waals surface area contributed by atoms with Crippen molar-refractivity contribution in [3.63, 3.8) is 0 Å². The van der Waals surface area contributed by atoms with E-state index < -0.39 is 0 Å². The van der Waals surface area contributed by atoms with Gasteiger partial charge in [-0.15, -0.1) is 0 Å². The molecule has 1 fully saturated rings. The number of nitrogens with zero attached hydrogens (tertiary/aromatic N) is 2. The minimum absolute atomic E-state index is 0.115. The van der Waals surface area contributed by atoms with Gasteiger partial charge in [0.05, 0.1) is 0 Å². The lowest BCUT2D eigenvalue weighted by Gasteiger charge is -2.20. The Balaban J connectivity index is 2.10. The highest BCUT2D eigenvalue weighted by Crippen LogP contribution is 2.19. The first-order valence-corrected chi connectivity index (χ1v) is 6.06. The van der Waals surface area contributed by atoms with Crippen molar-refractivity contribution in [1.29, 1.82) is 0 Å². The van der Waals surface area contributed by atoms with E-state index in [0.717, 1.165) is 12.2 Å². The third-order valence-electron chi connectivity index (χ3n) is 2.65. The molecule has 0 spiro atoms. The number of anilines is 1. The number of thiocarbonyl (C=S) groups is 1. The van der Waals surface area contributed by atoms with Crippen molar-refractivity contribution in [2.45, 2.75) is 6.92 Å². The van der Waals surface area contributed by atoms with Crippen LogP contribution in [-0.2, 0) is 0 Å². The fourth-order valence-electron chi connectivity index (χ4n) is 1.82. The van der Waals surface area contributed by atoms with Crippen molar-refractivity contribution in [2.24, 2.45) is 0 Å². The van der Waals surface area contributed by atoms with Crippen LogP contribution in [0.25, 0.3) is 0 Å². The second-order valence-electron chi connectivity index (χ2n) is 3.76. The van der Waals surface area contributed by atoms with Crippen LogP contribution >= 0.6 is 12.2 Å². The summed E-state index contributed by atoms with van der Waals surface area (Å²) in [6, 6.07) is 9.76. The van der Waals surface area contributed by atoms with Gasteiger partial charge in [0, 0.05) is 25.3 Å². The minimum Gasteiger partial charge on any atom is -0.338 e. The van der Waals surface area contributed by atoms with E-state index in [1.165, 1.54) is 0 Å². The van der Waals surface area contributed by atoms with Crippen LogP contribution in [0.5, 0.6) is 0 Å². The molecule has 1 saturated heterocycles. The predicted octanol–water partition coefficient (Wildman–Crippen LogP) is 1.82. The molecule has 2 amide bonds. The summed E-state index contributed by atoms with van der Waals surface area (Å²) < 4.78 is 0. The van der Waals surface area contributed by atoms with E-state index in [9.17, 15) is 4.79 Å². The Bertz CT molecular complexity index is 421. The quantitative estimate of drug-likeness (QED) is 0.812.